The molecule has 7 nitrogen and oxygen atoms in total. The molecule has 10 heteroatoms. The van der Waals surface area contributed by atoms with Crippen molar-refractivity contribution in [3.63, 3.8) is 0 Å². The first-order valence-electron chi connectivity index (χ1n) is 32.3. The molecule has 1 aromatic carbocycles. The number of carbonyl (C=O) groups excluding carboxylic acids is 2. The first kappa shape index (κ1) is 70.9. The molecule has 0 radical (unpaired) electrons. The van der Waals surface area contributed by atoms with Gasteiger partial charge in [-0.15, -0.1) is 0 Å². The Morgan fingerprint density at radius 1 is 0.338 bits per heavy atom. The first-order chi connectivity index (χ1) is 35.7. The van der Waals surface area contributed by atoms with Gasteiger partial charge in [-0.05, 0) is 0 Å². The number of hydrogen-bond donors (Lipinski definition) is 1. The van der Waals surface area contributed by atoms with Crippen LogP contribution in [0.1, 0.15) is 333 Å². The summed E-state index contributed by atoms with van der Waals surface area (Å²) in [5, 5.41) is 0. The third kappa shape index (κ3) is 28.2. The van der Waals surface area contributed by atoms with E-state index in [0.29, 0.717) is 0 Å². The van der Waals surface area contributed by atoms with E-state index in [1.165, 1.54) is 166 Å². The van der Waals surface area contributed by atoms with Crippen molar-refractivity contribution in [3.05, 3.63) is 29.3 Å². The summed E-state index contributed by atoms with van der Waals surface area (Å²) >= 11 is 0. The third-order valence-electron chi connectivity index (χ3n) is 17.0. The van der Waals surface area contributed by atoms with E-state index in [0.717, 1.165) is 152 Å². The van der Waals surface area contributed by atoms with Crippen molar-refractivity contribution < 1.29 is 31.6 Å². The summed E-state index contributed by atoms with van der Waals surface area (Å²) < 4.78 is 53.2. The van der Waals surface area contributed by atoms with Crippen LogP contribution >= 0.6 is 13.7 Å². The molecule has 0 aliphatic carbocycles. The second kappa shape index (κ2) is 41.9. The standard InChI is InChI=1S/C64H124O7P2S/c1-9-17-25-27-29-31-33-35-37-39-41-43-45-47-58-72(52-19-11-3,53-20-12-4,54-21-13-5)70-63(65)60-50-49-51-61(62(60)74(67,68)69)64(66)71-73(55-22-14-6,56-23-15-7,57-24-16-8)59-48-46-44-42-40-38-36-34-32-30-28-26-18-10-2/h49-51H,9-48,52-59H2,1-8H3,(H,67,68,69). The molecular formula is C64H124O7P2S. The topological polar surface area (TPSA) is 107 Å². The SMILES string of the molecule is CCCCCCCCCCCCCCCCP(CCCC)(CCCC)(CCCC)OC(=O)c1cccc(C(=O)OP(CCCC)(CCCC)(CCCC)CCCCCCCCCCCCCCCC)c1S(=O)(=O)O. The van der Waals surface area contributed by atoms with Crippen LogP contribution in [0.25, 0.3) is 0 Å². The normalized spacial score (nSPS) is 13.4. The van der Waals surface area contributed by atoms with Crippen LogP contribution in [0.5, 0.6) is 0 Å². The van der Waals surface area contributed by atoms with Gasteiger partial charge >= 0.3 is 411 Å². The summed E-state index contributed by atoms with van der Waals surface area (Å²) in [5.74, 6) is -1.41. The molecule has 0 atom stereocenters. The Balaban J connectivity index is 3.54. The molecule has 438 valence electrons. The Morgan fingerprint density at radius 3 is 0.730 bits per heavy atom. The molecule has 0 amide bonds. The van der Waals surface area contributed by atoms with Crippen LogP contribution in [0.3, 0.4) is 0 Å². The van der Waals surface area contributed by atoms with E-state index in [9.17, 15) is 13.0 Å². The molecular weight excluding hydrogens is 975 g/mol. The summed E-state index contributed by atoms with van der Waals surface area (Å²) in [5.41, 5.74) is -0.464. The van der Waals surface area contributed by atoms with E-state index in [4.69, 9.17) is 9.05 Å². The van der Waals surface area contributed by atoms with Crippen molar-refractivity contribution in [2.75, 3.05) is 49.3 Å². The van der Waals surface area contributed by atoms with Crippen molar-refractivity contribution in [2.45, 2.75) is 317 Å². The molecule has 0 aliphatic rings. The van der Waals surface area contributed by atoms with E-state index < -0.39 is 40.6 Å². The van der Waals surface area contributed by atoms with Crippen LogP contribution in [0, 0.1) is 0 Å². The van der Waals surface area contributed by atoms with Gasteiger partial charge in [0.25, 0.3) is 0 Å². The van der Waals surface area contributed by atoms with Gasteiger partial charge in [0.15, 0.2) is 0 Å². The van der Waals surface area contributed by atoms with Gasteiger partial charge in [-0.25, -0.2) is 0 Å². The molecule has 74 heavy (non-hydrogen) atoms. The molecule has 1 rings (SSSR count). The fourth-order valence-electron chi connectivity index (χ4n) is 12.2. The maximum absolute atomic E-state index is 15.2. The molecule has 0 bridgehead atoms. The van der Waals surface area contributed by atoms with Crippen molar-refractivity contribution in [3.8, 4) is 0 Å². The number of rotatable bonds is 53. The average molecular weight is 1100 g/mol. The van der Waals surface area contributed by atoms with Crippen LogP contribution in [0.4, 0.5) is 0 Å². The quantitative estimate of drug-likeness (QED) is 0.0393. The molecule has 0 saturated heterocycles. The molecule has 0 aromatic heterocycles. The maximum atomic E-state index is 15.2. The second-order valence-electron chi connectivity index (χ2n) is 23.7. The van der Waals surface area contributed by atoms with E-state index in [2.05, 4.69) is 55.4 Å². The monoisotopic (exact) mass is 1100 g/mol. The van der Waals surface area contributed by atoms with E-state index in [1.807, 2.05) is 0 Å². The van der Waals surface area contributed by atoms with Gasteiger partial charge in [0.05, 0.1) is 0 Å². The number of carbonyl (C=O) groups is 2. The minimum atomic E-state index is -5.06. The summed E-state index contributed by atoms with van der Waals surface area (Å²) in [6.45, 7) is 11.2. The Morgan fingerprint density at radius 2 is 0.527 bits per heavy atom. The van der Waals surface area contributed by atoms with Crippen molar-refractivity contribution in [2.24, 2.45) is 0 Å². The second-order valence-corrected chi connectivity index (χ2v) is 36.5. The van der Waals surface area contributed by atoms with Crippen LogP contribution in [-0.2, 0) is 19.2 Å². The zero-order chi connectivity index (χ0) is 54.8. The van der Waals surface area contributed by atoms with Gasteiger partial charge in [-0.2, -0.15) is 0 Å². The van der Waals surface area contributed by atoms with Crippen LogP contribution in [0.15, 0.2) is 23.1 Å². The summed E-state index contributed by atoms with van der Waals surface area (Å²) in [7, 11) is -5.06. The molecule has 0 fully saturated rings. The van der Waals surface area contributed by atoms with Gasteiger partial charge < -0.3 is 0 Å². The van der Waals surface area contributed by atoms with Gasteiger partial charge in [0, 0.05) is 0 Å². The molecule has 0 unspecified atom stereocenters. The van der Waals surface area contributed by atoms with Gasteiger partial charge in [-0.1, -0.05) is 52.4 Å². The van der Waals surface area contributed by atoms with Gasteiger partial charge in [0.1, 0.15) is 0 Å². The average Bonchev–Trinajstić information content (AvgIpc) is 3.39. The minimum absolute atomic E-state index is 0.232. The molecule has 0 aliphatic heterocycles. The number of hydrogen-bond acceptors (Lipinski definition) is 6. The Bertz CT molecular complexity index is 1530. The predicted octanol–water partition coefficient (Wildman–Crippen LogP) is 21.9. The molecule has 0 saturated carbocycles. The molecule has 0 spiro atoms. The van der Waals surface area contributed by atoms with Crippen molar-refractivity contribution in [1.82, 2.24) is 0 Å². The number of unbranched alkanes of at least 4 members (excludes halogenated alkanes) is 32. The molecule has 0 heterocycles. The fraction of sp³-hybridized carbons (Fsp3) is 0.875. The zero-order valence-corrected chi connectivity index (χ0v) is 53.0. The summed E-state index contributed by atoms with van der Waals surface area (Å²) in [4.78, 5) is 29.7. The fourth-order valence-corrected chi connectivity index (χ4v) is 26.3. The van der Waals surface area contributed by atoms with E-state index >= 15 is 9.59 Å². The van der Waals surface area contributed by atoms with Crippen molar-refractivity contribution in [1.29, 1.82) is 0 Å². The van der Waals surface area contributed by atoms with E-state index in [-0.39, 0.29) is 11.1 Å². The first-order valence-corrected chi connectivity index (χ1v) is 39.6. The van der Waals surface area contributed by atoms with Crippen LogP contribution in [0.2, 0.25) is 0 Å². The summed E-state index contributed by atoms with van der Waals surface area (Å²) in [6, 6.07) is 4.51. The predicted molar refractivity (Wildman–Crippen MR) is 330 cm³/mol. The van der Waals surface area contributed by atoms with Crippen LogP contribution < -0.4 is 0 Å². The van der Waals surface area contributed by atoms with E-state index in [1.54, 1.807) is 6.07 Å². The number of benzene rings is 1. The van der Waals surface area contributed by atoms with Crippen LogP contribution in [-0.4, -0.2) is 74.2 Å². The Labute approximate surface area is 460 Å². The van der Waals surface area contributed by atoms with Crippen molar-refractivity contribution >= 4 is 35.7 Å². The zero-order valence-electron chi connectivity index (χ0n) is 50.4. The van der Waals surface area contributed by atoms with Gasteiger partial charge in [0.2, 0.25) is 0 Å². The molecule has 1 aromatic rings. The summed E-state index contributed by atoms with van der Waals surface area (Å²) in [6.07, 6.45) is 53.9. The third-order valence-corrected chi connectivity index (χ3v) is 30.9. The Kier molecular flexibility index (Phi) is 40.2. The Hall–Kier alpha value is -1.07. The van der Waals surface area contributed by atoms with Gasteiger partial charge in [-0.3, -0.25) is 0 Å². The molecule has 1 N–H and O–H groups in total.